The molecule has 0 unspecified atom stereocenters. The van der Waals surface area contributed by atoms with Crippen LogP contribution in [0.5, 0.6) is 11.5 Å². The molecule has 0 aromatic heterocycles. The van der Waals surface area contributed by atoms with Gasteiger partial charge in [-0.15, -0.1) is 0 Å². The minimum Gasteiger partial charge on any atom is -0.493 e. The van der Waals surface area contributed by atoms with Gasteiger partial charge in [0.2, 0.25) is 0 Å². The van der Waals surface area contributed by atoms with Gasteiger partial charge in [-0.1, -0.05) is 18.2 Å². The molecule has 136 valence electrons. The van der Waals surface area contributed by atoms with E-state index in [0.717, 1.165) is 0 Å². The van der Waals surface area contributed by atoms with Gasteiger partial charge in [0.15, 0.2) is 18.1 Å². The highest BCUT2D eigenvalue weighted by molar-refractivity contribution is 6.04. The molecule has 0 bridgehead atoms. The number of carbonyl (C=O) groups is 3. The number of carbonyl (C=O) groups excluding carboxylic acids is 3. The van der Waals surface area contributed by atoms with Crippen LogP contribution in [0, 0.1) is 0 Å². The van der Waals surface area contributed by atoms with Crippen LogP contribution in [0.25, 0.3) is 0 Å². The van der Waals surface area contributed by atoms with Crippen LogP contribution in [-0.2, 0) is 9.53 Å². The van der Waals surface area contributed by atoms with Crippen molar-refractivity contribution < 1.29 is 28.6 Å². The van der Waals surface area contributed by atoms with Gasteiger partial charge in [-0.2, -0.15) is 0 Å². The number of anilines is 1. The molecule has 0 radical (unpaired) electrons. The topological polar surface area (TPSA) is 117 Å². The molecule has 2 aromatic rings. The van der Waals surface area contributed by atoms with Crippen molar-refractivity contribution in [2.45, 2.75) is 0 Å². The van der Waals surface area contributed by atoms with Gasteiger partial charge in [-0.25, -0.2) is 4.79 Å². The second kappa shape index (κ2) is 8.52. The van der Waals surface area contributed by atoms with E-state index in [1.165, 1.54) is 32.4 Å². The summed E-state index contributed by atoms with van der Waals surface area (Å²) in [6.07, 6.45) is 0. The number of methoxy groups -OCH3 is 2. The Hall–Kier alpha value is -3.55. The molecule has 0 aliphatic carbocycles. The van der Waals surface area contributed by atoms with Crippen LogP contribution >= 0.6 is 0 Å². The summed E-state index contributed by atoms with van der Waals surface area (Å²) in [6.45, 7) is -0.549. The van der Waals surface area contributed by atoms with Gasteiger partial charge in [0, 0.05) is 0 Å². The standard InChI is InChI=1S/C18H18N2O6/c1-24-14-9-5-7-12(16(14)25-2)18(23)26-10-15(21)20-13-8-4-3-6-11(13)17(19)22/h3-9H,10H2,1-2H3,(H2,19,22)(H,20,21). The Morgan fingerprint density at radius 2 is 1.65 bits per heavy atom. The molecule has 0 aliphatic heterocycles. The lowest BCUT2D eigenvalue weighted by Crippen LogP contribution is -2.23. The number of rotatable bonds is 7. The molecule has 0 spiro atoms. The molecule has 2 amide bonds. The molecule has 0 fully saturated rings. The van der Waals surface area contributed by atoms with Crippen LogP contribution in [0.1, 0.15) is 20.7 Å². The van der Waals surface area contributed by atoms with Crippen molar-refractivity contribution in [3.63, 3.8) is 0 Å². The minimum absolute atomic E-state index is 0.122. The second-order valence-electron chi connectivity index (χ2n) is 5.08. The third-order valence-electron chi connectivity index (χ3n) is 3.42. The van der Waals surface area contributed by atoms with Gasteiger partial charge in [-0.05, 0) is 24.3 Å². The van der Waals surface area contributed by atoms with E-state index < -0.39 is 24.4 Å². The van der Waals surface area contributed by atoms with E-state index in [4.69, 9.17) is 19.9 Å². The molecule has 0 saturated carbocycles. The fourth-order valence-electron chi connectivity index (χ4n) is 2.25. The zero-order chi connectivity index (χ0) is 19.1. The predicted molar refractivity (Wildman–Crippen MR) is 93.4 cm³/mol. The van der Waals surface area contributed by atoms with Crippen LogP contribution in [0.2, 0.25) is 0 Å². The van der Waals surface area contributed by atoms with E-state index in [0.29, 0.717) is 5.75 Å². The smallest absolute Gasteiger partial charge is 0.342 e. The first kappa shape index (κ1) is 18.8. The molecular weight excluding hydrogens is 340 g/mol. The first-order valence-electron chi connectivity index (χ1n) is 7.54. The van der Waals surface area contributed by atoms with Crippen molar-refractivity contribution >= 4 is 23.5 Å². The highest BCUT2D eigenvalue weighted by atomic mass is 16.5. The summed E-state index contributed by atoms with van der Waals surface area (Å²) < 4.78 is 15.3. The summed E-state index contributed by atoms with van der Waals surface area (Å²) in [7, 11) is 2.83. The average molecular weight is 358 g/mol. The zero-order valence-corrected chi connectivity index (χ0v) is 14.3. The highest BCUT2D eigenvalue weighted by Gasteiger charge is 2.19. The van der Waals surface area contributed by atoms with Crippen LogP contribution in [0.4, 0.5) is 5.69 Å². The number of ether oxygens (including phenoxy) is 3. The van der Waals surface area contributed by atoms with E-state index in [9.17, 15) is 14.4 Å². The van der Waals surface area contributed by atoms with Crippen molar-refractivity contribution in [1.29, 1.82) is 0 Å². The maximum atomic E-state index is 12.2. The van der Waals surface area contributed by atoms with Crippen molar-refractivity contribution in [3.05, 3.63) is 53.6 Å². The Kier molecular flexibility index (Phi) is 6.15. The van der Waals surface area contributed by atoms with Crippen LogP contribution in [0.15, 0.2) is 42.5 Å². The van der Waals surface area contributed by atoms with E-state index in [1.54, 1.807) is 24.3 Å². The average Bonchev–Trinajstić information content (AvgIpc) is 2.65. The lowest BCUT2D eigenvalue weighted by atomic mass is 10.1. The molecule has 2 aromatic carbocycles. The molecule has 0 atom stereocenters. The Morgan fingerprint density at radius 3 is 2.31 bits per heavy atom. The first-order valence-corrected chi connectivity index (χ1v) is 7.54. The fraction of sp³-hybridized carbons (Fsp3) is 0.167. The number of para-hydroxylation sites is 2. The Morgan fingerprint density at radius 1 is 0.962 bits per heavy atom. The lowest BCUT2D eigenvalue weighted by Gasteiger charge is -2.12. The number of hydrogen-bond acceptors (Lipinski definition) is 6. The van der Waals surface area contributed by atoms with Crippen molar-refractivity contribution in [2.24, 2.45) is 5.73 Å². The molecule has 3 N–H and O–H groups in total. The van der Waals surface area contributed by atoms with E-state index in [-0.39, 0.29) is 22.6 Å². The predicted octanol–water partition coefficient (Wildman–Crippen LogP) is 1.60. The summed E-state index contributed by atoms with van der Waals surface area (Å²) in [6, 6.07) is 11.0. The normalized spacial score (nSPS) is 9.92. The molecular formula is C18H18N2O6. The quantitative estimate of drug-likeness (QED) is 0.726. The molecule has 8 nitrogen and oxygen atoms in total. The van der Waals surface area contributed by atoms with Gasteiger partial charge >= 0.3 is 5.97 Å². The maximum absolute atomic E-state index is 12.2. The number of nitrogens with one attached hydrogen (secondary N) is 1. The first-order chi connectivity index (χ1) is 12.5. The van der Waals surface area contributed by atoms with E-state index >= 15 is 0 Å². The third kappa shape index (κ3) is 4.29. The number of benzene rings is 2. The van der Waals surface area contributed by atoms with Crippen molar-refractivity contribution in [1.82, 2.24) is 0 Å². The summed E-state index contributed by atoms with van der Waals surface area (Å²) in [5, 5.41) is 2.48. The molecule has 0 aliphatic rings. The monoisotopic (exact) mass is 358 g/mol. The third-order valence-corrected chi connectivity index (χ3v) is 3.42. The molecule has 0 saturated heterocycles. The lowest BCUT2D eigenvalue weighted by molar-refractivity contribution is -0.119. The number of amides is 2. The number of hydrogen-bond donors (Lipinski definition) is 2. The Balaban J connectivity index is 2.04. The highest BCUT2D eigenvalue weighted by Crippen LogP contribution is 2.31. The zero-order valence-electron chi connectivity index (χ0n) is 14.3. The summed E-state index contributed by atoms with van der Waals surface area (Å²) in [5.41, 5.74) is 5.76. The summed E-state index contributed by atoms with van der Waals surface area (Å²) in [5.74, 6) is -1.48. The molecule has 0 heterocycles. The summed E-state index contributed by atoms with van der Waals surface area (Å²) >= 11 is 0. The van der Waals surface area contributed by atoms with Crippen molar-refractivity contribution in [2.75, 3.05) is 26.1 Å². The van der Waals surface area contributed by atoms with Crippen LogP contribution in [0.3, 0.4) is 0 Å². The number of nitrogens with two attached hydrogens (primary N) is 1. The molecule has 8 heteroatoms. The van der Waals surface area contributed by atoms with Gasteiger partial charge in [0.1, 0.15) is 5.56 Å². The fourth-order valence-corrected chi connectivity index (χ4v) is 2.25. The van der Waals surface area contributed by atoms with Gasteiger partial charge < -0.3 is 25.3 Å². The van der Waals surface area contributed by atoms with Crippen LogP contribution in [-0.4, -0.2) is 38.6 Å². The maximum Gasteiger partial charge on any atom is 0.342 e. The second-order valence-corrected chi connectivity index (χ2v) is 5.08. The largest absolute Gasteiger partial charge is 0.493 e. The molecule has 2 rings (SSSR count). The van der Waals surface area contributed by atoms with E-state index in [2.05, 4.69) is 5.32 Å². The Labute approximate surface area is 149 Å². The number of primary amides is 1. The van der Waals surface area contributed by atoms with Crippen molar-refractivity contribution in [3.8, 4) is 11.5 Å². The number of esters is 1. The van der Waals surface area contributed by atoms with Gasteiger partial charge in [0.25, 0.3) is 11.8 Å². The Bertz CT molecular complexity index is 834. The van der Waals surface area contributed by atoms with E-state index in [1.807, 2.05) is 0 Å². The van der Waals surface area contributed by atoms with Gasteiger partial charge in [0.05, 0.1) is 25.5 Å². The minimum atomic E-state index is -0.751. The SMILES string of the molecule is COc1cccc(C(=O)OCC(=O)Nc2ccccc2C(N)=O)c1OC. The van der Waals surface area contributed by atoms with Crippen LogP contribution < -0.4 is 20.5 Å². The van der Waals surface area contributed by atoms with Gasteiger partial charge in [-0.3, -0.25) is 9.59 Å². The molecule has 26 heavy (non-hydrogen) atoms. The summed E-state index contributed by atoms with van der Waals surface area (Å²) in [4.78, 5) is 35.6.